The van der Waals surface area contributed by atoms with Gasteiger partial charge in [-0.15, -0.1) is 17.0 Å². The number of para-hydroxylation sites is 1. The Morgan fingerprint density at radius 3 is 2.46 bits per heavy atom. The summed E-state index contributed by atoms with van der Waals surface area (Å²) in [5, 5.41) is 4.61. The van der Waals surface area contributed by atoms with Crippen LogP contribution in [0.3, 0.4) is 0 Å². The molecule has 1 N–H and O–H groups in total. The van der Waals surface area contributed by atoms with Gasteiger partial charge in [0.2, 0.25) is 5.95 Å². The molecule has 0 atom stereocenters. The van der Waals surface area contributed by atoms with Crippen molar-refractivity contribution in [2.24, 2.45) is 0 Å². The normalized spacial score (nSPS) is 14.8. The van der Waals surface area contributed by atoms with Gasteiger partial charge in [-0.1, -0.05) is 18.2 Å². The molecule has 1 aromatic carbocycles. The van der Waals surface area contributed by atoms with Crippen molar-refractivity contribution in [3.8, 4) is 0 Å². The van der Waals surface area contributed by atoms with Crippen molar-refractivity contribution in [2.75, 3.05) is 49.5 Å². The van der Waals surface area contributed by atoms with E-state index in [1.54, 1.807) is 12.4 Å². The Morgan fingerprint density at radius 2 is 1.65 bits per heavy atom. The van der Waals surface area contributed by atoms with Gasteiger partial charge in [-0.05, 0) is 24.3 Å². The van der Waals surface area contributed by atoms with Crippen molar-refractivity contribution in [1.29, 1.82) is 0 Å². The van der Waals surface area contributed by atoms with Crippen LogP contribution in [-0.2, 0) is 0 Å². The highest BCUT2D eigenvalue weighted by atomic mass is 79.9. The Bertz CT molecular complexity index is 820. The van der Waals surface area contributed by atoms with Crippen molar-refractivity contribution in [3.05, 3.63) is 54.9 Å². The molecule has 136 valence electrons. The van der Waals surface area contributed by atoms with E-state index in [2.05, 4.69) is 42.2 Å². The number of halogens is 1. The molecule has 1 saturated heterocycles. The molecular weight excluding hydrogens is 392 g/mol. The van der Waals surface area contributed by atoms with E-state index in [-0.39, 0.29) is 17.0 Å². The minimum absolute atomic E-state index is 0. The first-order valence-electron chi connectivity index (χ1n) is 8.72. The molecular formula is C19H23BrN6. The van der Waals surface area contributed by atoms with Crippen molar-refractivity contribution >= 4 is 39.7 Å². The minimum Gasteiger partial charge on any atom is -0.369 e. The molecule has 6 nitrogen and oxygen atoms in total. The zero-order chi connectivity index (χ0) is 16.9. The fourth-order valence-electron chi connectivity index (χ4n) is 3.13. The number of nitrogens with one attached hydrogen (secondary N) is 1. The molecule has 0 radical (unpaired) electrons. The van der Waals surface area contributed by atoms with Gasteiger partial charge in [0, 0.05) is 57.0 Å². The minimum atomic E-state index is 0. The number of nitrogens with zero attached hydrogens (tertiary/aromatic N) is 5. The average Bonchev–Trinajstić information content (AvgIpc) is 2.69. The molecule has 0 saturated carbocycles. The number of aromatic nitrogens is 3. The lowest BCUT2D eigenvalue weighted by Crippen LogP contribution is -2.48. The Kier molecular flexibility index (Phi) is 6.35. The summed E-state index contributed by atoms with van der Waals surface area (Å²) >= 11 is 0. The smallest absolute Gasteiger partial charge is 0.225 e. The van der Waals surface area contributed by atoms with Gasteiger partial charge in [0.15, 0.2) is 0 Å². The SMILES string of the molecule is Br.c1cnc(N2CCN(CCNc3ccc4ccccc4n3)CC2)nc1. The van der Waals surface area contributed by atoms with Gasteiger partial charge in [0.05, 0.1) is 5.52 Å². The van der Waals surface area contributed by atoms with Crippen LogP contribution in [0.1, 0.15) is 0 Å². The van der Waals surface area contributed by atoms with Crippen molar-refractivity contribution in [1.82, 2.24) is 19.9 Å². The highest BCUT2D eigenvalue weighted by Gasteiger charge is 2.18. The van der Waals surface area contributed by atoms with Crippen molar-refractivity contribution < 1.29 is 0 Å². The number of hydrogen-bond acceptors (Lipinski definition) is 6. The van der Waals surface area contributed by atoms with Gasteiger partial charge >= 0.3 is 0 Å². The fourth-order valence-corrected chi connectivity index (χ4v) is 3.13. The van der Waals surface area contributed by atoms with E-state index in [1.165, 1.54) is 5.39 Å². The quantitative estimate of drug-likeness (QED) is 0.692. The molecule has 0 amide bonds. The second-order valence-electron chi connectivity index (χ2n) is 6.19. The van der Waals surface area contributed by atoms with E-state index in [1.807, 2.05) is 30.3 Å². The van der Waals surface area contributed by atoms with Crippen LogP contribution in [0, 0.1) is 0 Å². The summed E-state index contributed by atoms with van der Waals surface area (Å²) in [4.78, 5) is 18.0. The van der Waals surface area contributed by atoms with E-state index in [4.69, 9.17) is 0 Å². The third-order valence-corrected chi connectivity index (χ3v) is 4.54. The molecule has 0 spiro atoms. The molecule has 3 heterocycles. The molecule has 4 rings (SSSR count). The molecule has 2 aromatic heterocycles. The van der Waals surface area contributed by atoms with Crippen LogP contribution >= 0.6 is 17.0 Å². The van der Waals surface area contributed by atoms with Crippen LogP contribution in [0.2, 0.25) is 0 Å². The number of fused-ring (bicyclic) bond motifs is 1. The number of hydrogen-bond donors (Lipinski definition) is 1. The summed E-state index contributed by atoms with van der Waals surface area (Å²) < 4.78 is 0. The van der Waals surface area contributed by atoms with E-state index in [0.29, 0.717) is 0 Å². The van der Waals surface area contributed by atoms with Gasteiger partial charge in [0.1, 0.15) is 5.82 Å². The number of pyridine rings is 1. The lowest BCUT2D eigenvalue weighted by atomic mass is 10.2. The van der Waals surface area contributed by atoms with E-state index >= 15 is 0 Å². The number of piperazine rings is 1. The van der Waals surface area contributed by atoms with Crippen LogP contribution in [0.25, 0.3) is 10.9 Å². The number of anilines is 2. The van der Waals surface area contributed by atoms with Crippen LogP contribution < -0.4 is 10.2 Å². The Hall–Kier alpha value is -2.25. The second-order valence-corrected chi connectivity index (χ2v) is 6.19. The standard InChI is InChI=1S/C19H22N6.BrH/c1-2-5-17-16(4-1)6-7-18(23-17)20-10-11-24-12-14-25(15-13-24)19-21-8-3-9-22-19;/h1-9H,10-15H2,(H,20,23);1H. The average molecular weight is 415 g/mol. The first kappa shape index (κ1) is 18.5. The molecule has 0 unspecified atom stereocenters. The first-order chi connectivity index (χ1) is 12.4. The molecule has 0 aliphatic carbocycles. The van der Waals surface area contributed by atoms with Crippen LogP contribution in [-0.4, -0.2) is 59.1 Å². The summed E-state index contributed by atoms with van der Waals surface area (Å²) in [5.74, 6) is 1.77. The summed E-state index contributed by atoms with van der Waals surface area (Å²) in [6.07, 6.45) is 3.60. The van der Waals surface area contributed by atoms with Crippen molar-refractivity contribution in [2.45, 2.75) is 0 Å². The molecule has 0 bridgehead atoms. The third kappa shape index (κ3) is 4.47. The summed E-state index contributed by atoms with van der Waals surface area (Å²) in [7, 11) is 0. The molecule has 1 aliphatic heterocycles. The topological polar surface area (TPSA) is 57.2 Å². The van der Waals surface area contributed by atoms with E-state index in [9.17, 15) is 0 Å². The Balaban J connectivity index is 0.00000196. The lowest BCUT2D eigenvalue weighted by Gasteiger charge is -2.34. The Morgan fingerprint density at radius 1 is 0.885 bits per heavy atom. The van der Waals surface area contributed by atoms with Gasteiger partial charge in [-0.2, -0.15) is 0 Å². The van der Waals surface area contributed by atoms with Gasteiger partial charge in [-0.3, -0.25) is 4.90 Å². The maximum Gasteiger partial charge on any atom is 0.225 e. The second kappa shape index (κ2) is 8.91. The van der Waals surface area contributed by atoms with E-state index in [0.717, 1.165) is 56.6 Å². The summed E-state index contributed by atoms with van der Waals surface area (Å²) in [6.45, 7) is 5.91. The zero-order valence-electron chi connectivity index (χ0n) is 14.6. The fraction of sp³-hybridized carbons (Fsp3) is 0.316. The molecule has 1 fully saturated rings. The monoisotopic (exact) mass is 414 g/mol. The molecule has 3 aromatic rings. The lowest BCUT2D eigenvalue weighted by molar-refractivity contribution is 0.266. The maximum absolute atomic E-state index is 4.66. The highest BCUT2D eigenvalue weighted by Crippen LogP contribution is 2.14. The first-order valence-corrected chi connectivity index (χ1v) is 8.72. The predicted molar refractivity (Wildman–Crippen MR) is 111 cm³/mol. The Labute approximate surface area is 164 Å². The number of benzene rings is 1. The summed E-state index contributed by atoms with van der Waals surface area (Å²) in [6, 6.07) is 14.2. The van der Waals surface area contributed by atoms with Gasteiger partial charge in [0.25, 0.3) is 0 Å². The van der Waals surface area contributed by atoms with Crippen LogP contribution in [0.5, 0.6) is 0 Å². The van der Waals surface area contributed by atoms with Crippen LogP contribution in [0.4, 0.5) is 11.8 Å². The largest absolute Gasteiger partial charge is 0.369 e. The molecule has 1 aliphatic rings. The molecule has 7 heteroatoms. The van der Waals surface area contributed by atoms with Crippen molar-refractivity contribution in [3.63, 3.8) is 0 Å². The van der Waals surface area contributed by atoms with Crippen LogP contribution in [0.15, 0.2) is 54.9 Å². The maximum atomic E-state index is 4.66. The predicted octanol–water partition coefficient (Wildman–Crippen LogP) is 2.84. The molecule has 26 heavy (non-hydrogen) atoms. The zero-order valence-corrected chi connectivity index (χ0v) is 16.3. The van der Waals surface area contributed by atoms with E-state index < -0.39 is 0 Å². The number of rotatable bonds is 5. The van der Waals surface area contributed by atoms with Gasteiger partial charge < -0.3 is 10.2 Å². The highest BCUT2D eigenvalue weighted by molar-refractivity contribution is 8.93. The third-order valence-electron chi connectivity index (χ3n) is 4.54. The summed E-state index contributed by atoms with van der Waals surface area (Å²) in [5.41, 5.74) is 1.03. The van der Waals surface area contributed by atoms with Gasteiger partial charge in [-0.25, -0.2) is 15.0 Å².